The molecule has 7 heteroatoms. The average molecular weight is 330 g/mol. The molecule has 1 aliphatic heterocycles. The van der Waals surface area contributed by atoms with Gasteiger partial charge in [0.05, 0.1) is 13.1 Å². The molecule has 0 bridgehead atoms. The molecule has 2 amide bonds. The van der Waals surface area contributed by atoms with Gasteiger partial charge in [-0.3, -0.25) is 4.68 Å². The number of para-hydroxylation sites is 2. The molecule has 1 aromatic heterocycles. The molecule has 0 saturated heterocycles. The molecule has 0 saturated carbocycles. The number of aromatic nitrogens is 2. The average Bonchev–Trinajstić information content (AvgIpc) is 3.07. The topological polar surface area (TPSA) is 68.6 Å². The number of ether oxygens (including phenoxy) is 2. The van der Waals surface area contributed by atoms with E-state index in [1.807, 2.05) is 43.5 Å². The van der Waals surface area contributed by atoms with Crippen LogP contribution in [0, 0.1) is 0 Å². The first-order chi connectivity index (χ1) is 11.6. The maximum Gasteiger partial charge on any atom is 0.317 e. The molecule has 24 heavy (non-hydrogen) atoms. The fourth-order valence-corrected chi connectivity index (χ4v) is 2.60. The number of likely N-dealkylation sites (N-methyl/N-ethyl adjacent to an activating group) is 1. The molecule has 128 valence electrons. The lowest BCUT2D eigenvalue weighted by Gasteiger charge is -2.30. The molecule has 1 N–H and O–H groups in total. The summed E-state index contributed by atoms with van der Waals surface area (Å²) in [6.45, 7) is 3.46. The van der Waals surface area contributed by atoms with E-state index in [0.717, 1.165) is 11.5 Å². The summed E-state index contributed by atoms with van der Waals surface area (Å²) < 4.78 is 13.3. The number of amides is 2. The van der Waals surface area contributed by atoms with E-state index in [9.17, 15) is 4.79 Å². The van der Waals surface area contributed by atoms with Crippen LogP contribution in [0.25, 0.3) is 0 Å². The molecular weight excluding hydrogens is 308 g/mol. The third-order valence-corrected chi connectivity index (χ3v) is 3.78. The number of carbonyl (C=O) groups excluding carboxylic acids is 1. The molecule has 2 aromatic rings. The molecule has 0 radical (unpaired) electrons. The van der Waals surface area contributed by atoms with Crippen molar-refractivity contribution in [1.29, 1.82) is 0 Å². The molecule has 0 fully saturated rings. The van der Waals surface area contributed by atoms with Crippen LogP contribution in [0.5, 0.6) is 11.5 Å². The van der Waals surface area contributed by atoms with Crippen molar-refractivity contribution < 1.29 is 14.3 Å². The van der Waals surface area contributed by atoms with Crippen molar-refractivity contribution in [2.75, 3.05) is 20.2 Å². The number of nitrogens with one attached hydrogen (secondary N) is 1. The normalized spacial score (nSPS) is 17.2. The van der Waals surface area contributed by atoms with E-state index in [1.165, 1.54) is 0 Å². The summed E-state index contributed by atoms with van der Waals surface area (Å²) >= 11 is 0. The van der Waals surface area contributed by atoms with Gasteiger partial charge in [-0.1, -0.05) is 12.1 Å². The Bertz CT molecular complexity index is 674. The van der Waals surface area contributed by atoms with Gasteiger partial charge in [0.2, 0.25) is 0 Å². The second-order valence-electron chi connectivity index (χ2n) is 5.96. The minimum atomic E-state index is -0.183. The summed E-state index contributed by atoms with van der Waals surface area (Å²) in [6.07, 6.45) is 3.41. The van der Waals surface area contributed by atoms with Gasteiger partial charge >= 0.3 is 6.03 Å². The molecule has 7 nitrogen and oxygen atoms in total. The summed E-state index contributed by atoms with van der Waals surface area (Å²) in [7, 11) is 1.75. The monoisotopic (exact) mass is 330 g/mol. The summed E-state index contributed by atoms with van der Waals surface area (Å²) in [6, 6.07) is 9.24. The molecule has 2 atom stereocenters. The Kier molecular flexibility index (Phi) is 4.88. The predicted molar refractivity (Wildman–Crippen MR) is 89.2 cm³/mol. The van der Waals surface area contributed by atoms with Crippen molar-refractivity contribution in [3.63, 3.8) is 0 Å². The quantitative estimate of drug-likeness (QED) is 0.907. The number of urea groups is 1. The summed E-state index contributed by atoms with van der Waals surface area (Å²) in [5.41, 5.74) is 0. The Labute approximate surface area is 141 Å². The predicted octanol–water partition coefficient (Wildman–Crippen LogP) is 1.75. The third-order valence-electron chi connectivity index (χ3n) is 3.78. The van der Waals surface area contributed by atoms with E-state index in [4.69, 9.17) is 9.47 Å². The fourth-order valence-electron chi connectivity index (χ4n) is 2.60. The summed E-state index contributed by atoms with van der Waals surface area (Å²) in [5, 5.41) is 7.09. The van der Waals surface area contributed by atoms with Gasteiger partial charge < -0.3 is 19.7 Å². The van der Waals surface area contributed by atoms with E-state index >= 15 is 0 Å². The number of nitrogens with zero attached hydrogens (tertiary/aromatic N) is 3. The summed E-state index contributed by atoms with van der Waals surface area (Å²) in [5.74, 6) is 1.46. The highest BCUT2D eigenvalue weighted by Crippen LogP contribution is 2.30. The number of benzene rings is 1. The van der Waals surface area contributed by atoms with Crippen LogP contribution in [0.4, 0.5) is 4.79 Å². The maximum absolute atomic E-state index is 12.3. The Morgan fingerprint density at radius 3 is 2.96 bits per heavy atom. The van der Waals surface area contributed by atoms with Crippen molar-refractivity contribution in [3.8, 4) is 11.5 Å². The molecule has 1 aromatic carbocycles. The zero-order valence-corrected chi connectivity index (χ0v) is 13.9. The molecule has 0 spiro atoms. The Balaban J connectivity index is 1.48. The van der Waals surface area contributed by atoms with Crippen molar-refractivity contribution >= 4 is 6.03 Å². The number of fused-ring (bicyclic) bond motifs is 1. The summed E-state index contributed by atoms with van der Waals surface area (Å²) in [4.78, 5) is 13.9. The fraction of sp³-hybridized carbons (Fsp3) is 0.412. The van der Waals surface area contributed by atoms with Crippen LogP contribution < -0.4 is 14.8 Å². The van der Waals surface area contributed by atoms with Gasteiger partial charge in [-0.05, 0) is 25.1 Å². The van der Waals surface area contributed by atoms with Crippen LogP contribution in [-0.4, -0.2) is 53.1 Å². The van der Waals surface area contributed by atoms with Gasteiger partial charge in [0, 0.05) is 25.5 Å². The molecule has 1 aliphatic rings. The smallest absolute Gasteiger partial charge is 0.317 e. The van der Waals surface area contributed by atoms with E-state index < -0.39 is 0 Å². The van der Waals surface area contributed by atoms with Crippen LogP contribution >= 0.6 is 0 Å². The van der Waals surface area contributed by atoms with Crippen molar-refractivity contribution in [2.45, 2.75) is 25.6 Å². The second-order valence-corrected chi connectivity index (χ2v) is 5.96. The minimum absolute atomic E-state index is 0.0240. The van der Waals surface area contributed by atoms with E-state index in [1.54, 1.807) is 22.8 Å². The highest BCUT2D eigenvalue weighted by atomic mass is 16.6. The molecule has 3 rings (SSSR count). The highest BCUT2D eigenvalue weighted by Gasteiger charge is 2.24. The second kappa shape index (κ2) is 7.25. The largest absolute Gasteiger partial charge is 0.486 e. The van der Waals surface area contributed by atoms with Gasteiger partial charge in [0.15, 0.2) is 17.6 Å². The van der Waals surface area contributed by atoms with Gasteiger partial charge in [0.25, 0.3) is 0 Å². The van der Waals surface area contributed by atoms with E-state index in [0.29, 0.717) is 19.7 Å². The lowest BCUT2D eigenvalue weighted by atomic mass is 10.2. The van der Waals surface area contributed by atoms with Crippen LogP contribution in [0.15, 0.2) is 42.7 Å². The number of hydrogen-bond donors (Lipinski definition) is 1. The van der Waals surface area contributed by atoms with Crippen molar-refractivity contribution in [2.24, 2.45) is 0 Å². The maximum atomic E-state index is 12.3. The first-order valence-electron chi connectivity index (χ1n) is 7.99. The number of carbonyl (C=O) groups is 1. The molecule has 2 heterocycles. The minimum Gasteiger partial charge on any atom is -0.486 e. The third kappa shape index (κ3) is 3.98. The van der Waals surface area contributed by atoms with Crippen LogP contribution in [0.2, 0.25) is 0 Å². The van der Waals surface area contributed by atoms with Gasteiger partial charge in [0.1, 0.15) is 6.61 Å². The molecular formula is C17H22N4O3. The van der Waals surface area contributed by atoms with Crippen molar-refractivity contribution in [3.05, 3.63) is 42.7 Å². The standard InChI is InChI=1S/C17H22N4O3/c1-13(10-21-9-5-8-18-21)19-17(22)20(2)11-14-12-23-15-6-3-4-7-16(15)24-14/h3-9,13-14H,10-12H2,1-2H3,(H,19,22)/t13-,14+/m1/s1. The van der Waals surface area contributed by atoms with Crippen LogP contribution in [0.3, 0.4) is 0 Å². The van der Waals surface area contributed by atoms with Crippen LogP contribution in [0.1, 0.15) is 6.92 Å². The Morgan fingerprint density at radius 2 is 2.21 bits per heavy atom. The van der Waals surface area contributed by atoms with Crippen LogP contribution in [-0.2, 0) is 6.54 Å². The zero-order chi connectivity index (χ0) is 16.9. The Hall–Kier alpha value is -2.70. The van der Waals surface area contributed by atoms with Gasteiger partial charge in [-0.2, -0.15) is 5.10 Å². The SMILES string of the molecule is C[C@H](Cn1cccn1)NC(=O)N(C)C[C@H]1COc2ccccc2O1. The highest BCUT2D eigenvalue weighted by molar-refractivity contribution is 5.74. The molecule has 0 aliphatic carbocycles. The number of hydrogen-bond acceptors (Lipinski definition) is 4. The zero-order valence-electron chi connectivity index (χ0n) is 13.9. The first kappa shape index (κ1) is 16.2. The van der Waals surface area contributed by atoms with Crippen molar-refractivity contribution in [1.82, 2.24) is 20.0 Å². The molecule has 0 unspecified atom stereocenters. The lowest BCUT2D eigenvalue weighted by molar-refractivity contribution is 0.0712. The lowest BCUT2D eigenvalue weighted by Crippen LogP contribution is -2.48. The first-order valence-corrected chi connectivity index (χ1v) is 7.99. The van der Waals surface area contributed by atoms with E-state index in [2.05, 4.69) is 10.4 Å². The van der Waals surface area contributed by atoms with E-state index in [-0.39, 0.29) is 18.2 Å². The van der Waals surface area contributed by atoms with Gasteiger partial charge in [-0.15, -0.1) is 0 Å². The Morgan fingerprint density at radius 1 is 1.42 bits per heavy atom. The van der Waals surface area contributed by atoms with Gasteiger partial charge in [-0.25, -0.2) is 4.79 Å². The number of rotatable bonds is 5.